The van der Waals surface area contributed by atoms with E-state index in [-0.39, 0.29) is 23.9 Å². The molecule has 4 rings (SSSR count). The maximum Gasteiger partial charge on any atom is 0.303 e. The predicted octanol–water partition coefficient (Wildman–Crippen LogP) is 4.75. The van der Waals surface area contributed by atoms with Crippen molar-refractivity contribution in [1.29, 1.82) is 0 Å². The molecule has 0 radical (unpaired) electrons. The summed E-state index contributed by atoms with van der Waals surface area (Å²) in [6.45, 7) is 2.00. The first-order valence-electron chi connectivity index (χ1n) is 10.2. The number of aliphatic carboxylic acids is 1. The van der Waals surface area contributed by atoms with E-state index in [4.69, 9.17) is 21.4 Å². The number of rotatable bonds is 6. The third-order valence-electron chi connectivity index (χ3n) is 5.47. The van der Waals surface area contributed by atoms with E-state index in [1.165, 1.54) is 5.01 Å². The van der Waals surface area contributed by atoms with Gasteiger partial charge in [-0.05, 0) is 30.7 Å². The van der Waals surface area contributed by atoms with Crippen molar-refractivity contribution in [2.75, 3.05) is 7.11 Å². The molecular weight excluding hydrogens is 430 g/mol. The maximum atomic E-state index is 12.9. The maximum absolute atomic E-state index is 12.9. The molecule has 164 valence electrons. The van der Waals surface area contributed by atoms with Crippen LogP contribution in [0.4, 0.5) is 0 Å². The molecule has 2 aromatic carbocycles. The summed E-state index contributed by atoms with van der Waals surface area (Å²) < 4.78 is 5.26. The van der Waals surface area contributed by atoms with Gasteiger partial charge in [0.25, 0.3) is 0 Å². The first kappa shape index (κ1) is 21.8. The highest BCUT2D eigenvalue weighted by Gasteiger charge is 2.35. The van der Waals surface area contributed by atoms with Gasteiger partial charge in [0.05, 0.1) is 30.8 Å². The number of amides is 1. The molecule has 1 aliphatic heterocycles. The van der Waals surface area contributed by atoms with Crippen molar-refractivity contribution in [3.63, 3.8) is 0 Å². The van der Waals surface area contributed by atoms with Crippen LogP contribution in [0.1, 0.15) is 42.0 Å². The molecule has 2 heterocycles. The highest BCUT2D eigenvalue weighted by molar-refractivity contribution is 6.30. The van der Waals surface area contributed by atoms with Crippen LogP contribution >= 0.6 is 11.6 Å². The van der Waals surface area contributed by atoms with Crippen LogP contribution in [0.15, 0.2) is 53.6 Å². The fourth-order valence-electron chi connectivity index (χ4n) is 3.73. The molecule has 8 heteroatoms. The normalized spacial score (nSPS) is 15.7. The Bertz CT molecular complexity index is 1220. The molecule has 0 bridgehead atoms. The number of aryl methyl sites for hydroxylation is 1. The van der Waals surface area contributed by atoms with Gasteiger partial charge in [-0.15, -0.1) is 0 Å². The number of methoxy groups -OCH3 is 1. The first-order chi connectivity index (χ1) is 15.4. The van der Waals surface area contributed by atoms with Gasteiger partial charge in [-0.2, -0.15) is 5.10 Å². The molecule has 0 spiro atoms. The Morgan fingerprint density at radius 3 is 2.59 bits per heavy atom. The topological polar surface area (TPSA) is 92.1 Å². The van der Waals surface area contributed by atoms with E-state index < -0.39 is 12.0 Å². The van der Waals surface area contributed by atoms with Gasteiger partial charge in [-0.1, -0.05) is 41.4 Å². The number of carboxylic acid groups (broad SMARTS) is 1. The van der Waals surface area contributed by atoms with Crippen LogP contribution in [-0.4, -0.2) is 39.8 Å². The van der Waals surface area contributed by atoms with E-state index in [0.717, 1.165) is 22.2 Å². The summed E-state index contributed by atoms with van der Waals surface area (Å²) in [6, 6.07) is 14.8. The van der Waals surface area contributed by atoms with Gasteiger partial charge in [-0.25, -0.2) is 9.99 Å². The first-order valence-corrected chi connectivity index (χ1v) is 10.6. The second-order valence-electron chi connectivity index (χ2n) is 7.69. The number of hydrazone groups is 1. The molecule has 0 aliphatic carbocycles. The molecule has 0 saturated heterocycles. The van der Waals surface area contributed by atoms with E-state index >= 15 is 0 Å². The zero-order valence-electron chi connectivity index (χ0n) is 17.7. The number of carbonyl (C=O) groups is 2. The van der Waals surface area contributed by atoms with Crippen molar-refractivity contribution in [2.45, 2.75) is 32.2 Å². The number of fused-ring (bicyclic) bond motifs is 1. The number of carbonyl (C=O) groups excluding carboxylic acids is 1. The van der Waals surface area contributed by atoms with Gasteiger partial charge in [-0.3, -0.25) is 9.59 Å². The van der Waals surface area contributed by atoms with E-state index in [1.54, 1.807) is 13.2 Å². The van der Waals surface area contributed by atoms with Crippen LogP contribution in [0.5, 0.6) is 5.75 Å². The van der Waals surface area contributed by atoms with Gasteiger partial charge in [0.15, 0.2) is 0 Å². The molecule has 1 amide bonds. The number of hydrogen-bond donors (Lipinski definition) is 1. The van der Waals surface area contributed by atoms with Crippen molar-refractivity contribution >= 4 is 40.1 Å². The summed E-state index contributed by atoms with van der Waals surface area (Å²) in [7, 11) is 1.58. The monoisotopic (exact) mass is 451 g/mol. The van der Waals surface area contributed by atoms with Gasteiger partial charge in [0.1, 0.15) is 10.9 Å². The minimum Gasteiger partial charge on any atom is -0.497 e. The van der Waals surface area contributed by atoms with Crippen molar-refractivity contribution in [2.24, 2.45) is 5.10 Å². The summed E-state index contributed by atoms with van der Waals surface area (Å²) in [5, 5.41) is 16.1. The quantitative estimate of drug-likeness (QED) is 0.546. The molecule has 7 nitrogen and oxygen atoms in total. The fourth-order valence-corrected chi connectivity index (χ4v) is 4.00. The van der Waals surface area contributed by atoms with E-state index in [9.17, 15) is 9.59 Å². The van der Waals surface area contributed by atoms with Crippen LogP contribution in [0.3, 0.4) is 0 Å². The van der Waals surface area contributed by atoms with Crippen molar-refractivity contribution in [3.05, 3.63) is 70.4 Å². The summed E-state index contributed by atoms with van der Waals surface area (Å²) >= 11 is 6.56. The predicted molar refractivity (Wildman–Crippen MR) is 122 cm³/mol. The number of carboxylic acids is 1. The third kappa shape index (κ3) is 4.43. The summed E-state index contributed by atoms with van der Waals surface area (Å²) in [5.74, 6) is -0.730. The molecule has 1 atom stereocenters. The average molecular weight is 452 g/mol. The molecule has 1 aliphatic rings. The number of nitrogens with zero attached hydrogens (tertiary/aromatic N) is 3. The summed E-state index contributed by atoms with van der Waals surface area (Å²) in [6.07, 6.45) is 0.0399. The lowest BCUT2D eigenvalue weighted by atomic mass is 9.97. The Balaban J connectivity index is 1.73. The Labute approximate surface area is 190 Å². The van der Waals surface area contributed by atoms with Crippen LogP contribution in [-0.2, 0) is 9.59 Å². The Kier molecular flexibility index (Phi) is 6.10. The number of hydrogen-bond acceptors (Lipinski definition) is 5. The van der Waals surface area contributed by atoms with E-state index in [2.05, 4.69) is 10.1 Å². The van der Waals surface area contributed by atoms with Crippen LogP contribution < -0.4 is 4.74 Å². The average Bonchev–Trinajstić information content (AvgIpc) is 3.22. The Morgan fingerprint density at radius 1 is 1.16 bits per heavy atom. The SMILES string of the molecule is COc1ccc2cc([C@H]3CC(c4ccc(C)cc4)=NN3C(=O)CCC(=O)O)c(Cl)nc2c1. The Morgan fingerprint density at radius 2 is 1.91 bits per heavy atom. The second-order valence-corrected chi connectivity index (χ2v) is 8.05. The lowest BCUT2D eigenvalue weighted by molar-refractivity contribution is -0.141. The van der Waals surface area contributed by atoms with Crippen molar-refractivity contribution < 1.29 is 19.4 Å². The molecular formula is C24H22ClN3O4. The van der Waals surface area contributed by atoms with E-state index in [0.29, 0.717) is 23.3 Å². The lowest BCUT2D eigenvalue weighted by Gasteiger charge is -2.23. The minimum absolute atomic E-state index is 0.146. The molecule has 0 unspecified atom stereocenters. The highest BCUT2D eigenvalue weighted by atomic mass is 35.5. The number of aromatic nitrogens is 1. The summed E-state index contributed by atoms with van der Waals surface area (Å²) in [4.78, 5) is 28.4. The molecule has 3 aromatic rings. The lowest BCUT2D eigenvalue weighted by Crippen LogP contribution is -2.27. The fraction of sp³-hybridized carbons (Fsp3) is 0.250. The Hall–Kier alpha value is -3.45. The molecule has 1 N–H and O–H groups in total. The molecule has 1 aromatic heterocycles. The van der Waals surface area contributed by atoms with Crippen LogP contribution in [0.25, 0.3) is 10.9 Å². The number of benzene rings is 2. The largest absolute Gasteiger partial charge is 0.497 e. The molecule has 0 saturated carbocycles. The second kappa shape index (κ2) is 8.96. The smallest absolute Gasteiger partial charge is 0.303 e. The van der Waals surface area contributed by atoms with Crippen LogP contribution in [0.2, 0.25) is 5.15 Å². The van der Waals surface area contributed by atoms with Gasteiger partial charge in [0.2, 0.25) is 5.91 Å². The van der Waals surface area contributed by atoms with Crippen LogP contribution in [0, 0.1) is 6.92 Å². The standard InChI is InChI=1S/C24H22ClN3O4/c1-14-3-5-15(6-4-14)20-13-21(28(27-20)22(29)9-10-23(30)31)18-11-16-7-8-17(32-2)12-19(16)26-24(18)25/h3-8,11-12,21H,9-10,13H2,1-2H3,(H,30,31)/t21-/m1/s1. The van der Waals surface area contributed by atoms with Crippen molar-refractivity contribution in [1.82, 2.24) is 9.99 Å². The molecule has 32 heavy (non-hydrogen) atoms. The number of ether oxygens (including phenoxy) is 1. The zero-order chi connectivity index (χ0) is 22.8. The minimum atomic E-state index is -1.03. The van der Waals surface area contributed by atoms with Crippen molar-refractivity contribution in [3.8, 4) is 5.75 Å². The zero-order valence-corrected chi connectivity index (χ0v) is 18.5. The summed E-state index contributed by atoms with van der Waals surface area (Å²) in [5.41, 5.74) is 4.11. The number of halogens is 1. The van der Waals surface area contributed by atoms with E-state index in [1.807, 2.05) is 49.4 Å². The highest BCUT2D eigenvalue weighted by Crippen LogP contribution is 2.38. The number of pyridine rings is 1. The third-order valence-corrected chi connectivity index (χ3v) is 5.77. The van der Waals surface area contributed by atoms with Gasteiger partial charge in [0, 0.05) is 29.9 Å². The van der Waals surface area contributed by atoms with Gasteiger partial charge < -0.3 is 9.84 Å². The molecule has 0 fully saturated rings. The van der Waals surface area contributed by atoms with Gasteiger partial charge >= 0.3 is 5.97 Å².